The second kappa shape index (κ2) is 6.17. The fourth-order valence-corrected chi connectivity index (χ4v) is 7.65. The lowest BCUT2D eigenvalue weighted by Gasteiger charge is -2.69. The second-order valence-electron chi connectivity index (χ2n) is 9.30. The monoisotopic (exact) mass is 355 g/mol. The number of anilines is 2. The number of nitrogens with two attached hydrogens (primary N) is 2. The van der Waals surface area contributed by atoms with Crippen LogP contribution in [0.3, 0.4) is 0 Å². The van der Waals surface area contributed by atoms with Crippen molar-refractivity contribution in [3.63, 3.8) is 0 Å². The van der Waals surface area contributed by atoms with E-state index in [2.05, 4.69) is 15.0 Å². The smallest absolute Gasteiger partial charge is 0.225 e. The standard InChI is InChI=1S/C14H20.C6H9N5O/c1-7-2-12-10-4-8-5-11(9(1)10)13(3-7)14(12)6-8;7-5-9-4(2-1-3-12)10-6(8)11-5/h7-14H,1-6H2;3H,1-2H2,(H4,7,8,9,10,11). The van der Waals surface area contributed by atoms with Gasteiger partial charge in [-0.15, -0.1) is 0 Å². The third-order valence-electron chi connectivity index (χ3n) is 8.13. The van der Waals surface area contributed by atoms with E-state index in [0.717, 1.165) is 6.29 Å². The van der Waals surface area contributed by atoms with Crippen LogP contribution < -0.4 is 11.5 Å². The summed E-state index contributed by atoms with van der Waals surface area (Å²) in [6.07, 6.45) is 11.5. The summed E-state index contributed by atoms with van der Waals surface area (Å²) in [5, 5.41) is 0. The van der Waals surface area contributed by atoms with Crippen molar-refractivity contribution in [3.8, 4) is 0 Å². The number of aryl methyl sites for hydroxylation is 1. The third kappa shape index (κ3) is 2.60. The van der Waals surface area contributed by atoms with E-state index in [1.165, 1.54) is 47.3 Å². The first-order chi connectivity index (χ1) is 12.6. The molecule has 26 heavy (non-hydrogen) atoms. The Hall–Kier alpha value is -1.72. The van der Waals surface area contributed by atoms with Gasteiger partial charge in [-0.1, -0.05) is 0 Å². The van der Waals surface area contributed by atoms with E-state index in [9.17, 15) is 4.79 Å². The molecule has 6 nitrogen and oxygen atoms in total. The molecule has 8 rings (SSSR count). The number of hydrogen-bond acceptors (Lipinski definition) is 6. The number of nitrogen functional groups attached to an aromatic ring is 2. The van der Waals surface area contributed by atoms with Crippen LogP contribution in [0.1, 0.15) is 50.8 Å². The Balaban J connectivity index is 0.000000118. The maximum atomic E-state index is 10.0. The van der Waals surface area contributed by atoms with Gasteiger partial charge in [-0.05, 0) is 85.9 Å². The van der Waals surface area contributed by atoms with Gasteiger partial charge in [-0.25, -0.2) is 0 Å². The Labute approximate surface area is 154 Å². The molecule has 0 aromatic carbocycles. The molecule has 0 atom stereocenters. The van der Waals surface area contributed by atoms with Crippen LogP contribution in [0, 0.1) is 47.3 Å². The zero-order valence-electron chi connectivity index (χ0n) is 15.3. The van der Waals surface area contributed by atoms with Crippen molar-refractivity contribution in [2.24, 2.45) is 47.3 Å². The first kappa shape index (κ1) is 16.5. The van der Waals surface area contributed by atoms with E-state index in [-0.39, 0.29) is 11.9 Å². The Morgan fingerprint density at radius 1 is 0.731 bits per heavy atom. The van der Waals surface area contributed by atoms with E-state index in [1.54, 1.807) is 38.5 Å². The number of nitrogens with zero attached hydrogens (tertiary/aromatic N) is 3. The van der Waals surface area contributed by atoms with Gasteiger partial charge in [0.2, 0.25) is 11.9 Å². The van der Waals surface area contributed by atoms with Crippen molar-refractivity contribution in [1.82, 2.24) is 15.0 Å². The number of aldehydes is 1. The molecule has 140 valence electrons. The molecule has 7 aliphatic carbocycles. The molecule has 1 aromatic rings. The van der Waals surface area contributed by atoms with Crippen molar-refractivity contribution < 1.29 is 4.79 Å². The quantitative estimate of drug-likeness (QED) is 0.807. The normalized spacial score (nSPS) is 43.2. The predicted molar refractivity (Wildman–Crippen MR) is 98.7 cm³/mol. The van der Waals surface area contributed by atoms with Crippen molar-refractivity contribution in [3.05, 3.63) is 5.82 Å². The maximum Gasteiger partial charge on any atom is 0.225 e. The molecule has 0 unspecified atom stereocenters. The number of aromatic nitrogens is 3. The SMILES string of the molecule is C1C2CC3C4CC5CC(C14)C(C2)C3C5.Nc1nc(N)nc(CCC=O)n1. The largest absolute Gasteiger partial charge is 0.368 e. The summed E-state index contributed by atoms with van der Waals surface area (Å²) in [6, 6.07) is 0. The second-order valence-corrected chi connectivity index (χ2v) is 9.30. The predicted octanol–water partition coefficient (Wildman–Crippen LogP) is 2.49. The number of carbonyl (C=O) groups excluding carboxylic acids is 1. The summed E-state index contributed by atoms with van der Waals surface area (Å²) in [4.78, 5) is 21.2. The number of carbonyl (C=O) groups is 1. The van der Waals surface area contributed by atoms with Gasteiger partial charge in [0.1, 0.15) is 12.1 Å². The van der Waals surface area contributed by atoms with Crippen LogP contribution in [-0.4, -0.2) is 21.2 Å². The molecule has 7 saturated carbocycles. The van der Waals surface area contributed by atoms with Crippen LogP contribution in [0.15, 0.2) is 0 Å². The lowest BCUT2D eigenvalue weighted by atomic mass is 9.36. The van der Waals surface area contributed by atoms with E-state index in [1.807, 2.05) is 0 Å². The van der Waals surface area contributed by atoms with Crippen LogP contribution >= 0.6 is 0 Å². The molecule has 0 spiro atoms. The highest BCUT2D eigenvalue weighted by Gasteiger charge is 2.63. The molecule has 4 N–H and O–H groups in total. The first-order valence-corrected chi connectivity index (χ1v) is 10.3. The van der Waals surface area contributed by atoms with Gasteiger partial charge >= 0.3 is 0 Å². The average molecular weight is 355 g/mol. The number of hydrogen-bond donors (Lipinski definition) is 2. The van der Waals surface area contributed by atoms with Crippen LogP contribution in [0.2, 0.25) is 0 Å². The maximum absolute atomic E-state index is 10.0. The van der Waals surface area contributed by atoms with E-state index < -0.39 is 0 Å². The average Bonchev–Trinajstić information content (AvgIpc) is 2.63. The molecule has 0 saturated heterocycles. The van der Waals surface area contributed by atoms with Gasteiger partial charge in [-0.2, -0.15) is 15.0 Å². The summed E-state index contributed by atoms with van der Waals surface area (Å²) in [6.45, 7) is 0. The molecule has 6 heteroatoms. The van der Waals surface area contributed by atoms with Gasteiger partial charge in [0.25, 0.3) is 0 Å². The summed E-state index contributed by atoms with van der Waals surface area (Å²) in [5.41, 5.74) is 10.6. The Morgan fingerprint density at radius 2 is 1.12 bits per heavy atom. The number of rotatable bonds is 3. The third-order valence-corrected chi connectivity index (χ3v) is 8.13. The van der Waals surface area contributed by atoms with E-state index >= 15 is 0 Å². The molecule has 0 aliphatic heterocycles. The molecule has 7 fully saturated rings. The minimum Gasteiger partial charge on any atom is -0.368 e. The molecule has 8 bridgehead atoms. The lowest BCUT2D eigenvalue weighted by Crippen LogP contribution is -2.62. The topological polar surface area (TPSA) is 108 Å². The van der Waals surface area contributed by atoms with E-state index in [4.69, 9.17) is 11.5 Å². The highest BCUT2D eigenvalue weighted by atomic mass is 16.1. The lowest BCUT2D eigenvalue weighted by molar-refractivity contribution is -0.202. The Kier molecular flexibility index (Phi) is 3.90. The summed E-state index contributed by atoms with van der Waals surface area (Å²) in [7, 11) is 0. The molecule has 1 aromatic heterocycles. The molecule has 7 aliphatic rings. The summed E-state index contributed by atoms with van der Waals surface area (Å²) >= 11 is 0. The van der Waals surface area contributed by atoms with Gasteiger partial charge < -0.3 is 16.3 Å². The highest BCUT2D eigenvalue weighted by Crippen LogP contribution is 2.71. The van der Waals surface area contributed by atoms with Crippen LogP contribution in [0.4, 0.5) is 11.9 Å². The minimum absolute atomic E-state index is 0.0865. The Morgan fingerprint density at radius 3 is 1.46 bits per heavy atom. The van der Waals surface area contributed by atoms with Crippen LogP contribution in [-0.2, 0) is 11.2 Å². The van der Waals surface area contributed by atoms with E-state index in [0.29, 0.717) is 18.7 Å². The van der Waals surface area contributed by atoms with Crippen molar-refractivity contribution in [2.75, 3.05) is 11.5 Å². The molecule has 1 heterocycles. The first-order valence-electron chi connectivity index (χ1n) is 10.3. The van der Waals surface area contributed by atoms with Gasteiger partial charge in [0.15, 0.2) is 0 Å². The van der Waals surface area contributed by atoms with Gasteiger partial charge in [0.05, 0.1) is 0 Å². The van der Waals surface area contributed by atoms with Crippen molar-refractivity contribution in [2.45, 2.75) is 51.4 Å². The van der Waals surface area contributed by atoms with Crippen LogP contribution in [0.25, 0.3) is 0 Å². The zero-order chi connectivity index (χ0) is 17.8. The fraction of sp³-hybridized carbons (Fsp3) is 0.800. The Bertz CT molecular complexity index is 600. The zero-order valence-corrected chi connectivity index (χ0v) is 15.3. The van der Waals surface area contributed by atoms with Crippen molar-refractivity contribution >= 4 is 18.2 Å². The molecule has 0 amide bonds. The molecular formula is C20H29N5O. The van der Waals surface area contributed by atoms with Crippen LogP contribution in [0.5, 0.6) is 0 Å². The summed E-state index contributed by atoms with van der Waals surface area (Å²) in [5.74, 6) is 10.4. The molecule has 0 radical (unpaired) electrons. The fourth-order valence-electron chi connectivity index (χ4n) is 7.65. The molecular weight excluding hydrogens is 326 g/mol. The minimum atomic E-state index is 0.0865. The summed E-state index contributed by atoms with van der Waals surface area (Å²) < 4.78 is 0. The van der Waals surface area contributed by atoms with Crippen molar-refractivity contribution in [1.29, 1.82) is 0 Å². The highest BCUT2D eigenvalue weighted by molar-refractivity contribution is 5.49. The van der Waals surface area contributed by atoms with Gasteiger partial charge in [-0.3, -0.25) is 0 Å². The van der Waals surface area contributed by atoms with Gasteiger partial charge in [0, 0.05) is 12.8 Å².